The van der Waals surface area contributed by atoms with Gasteiger partial charge in [-0.15, -0.1) is 0 Å². The van der Waals surface area contributed by atoms with E-state index in [4.69, 9.17) is 0 Å². The van der Waals surface area contributed by atoms with Crippen LogP contribution in [0.2, 0.25) is 0 Å². The van der Waals surface area contributed by atoms with Crippen LogP contribution in [-0.2, 0) is 9.59 Å². The molecule has 0 spiro atoms. The summed E-state index contributed by atoms with van der Waals surface area (Å²) in [5.41, 5.74) is 0. The lowest BCUT2D eigenvalue weighted by Crippen LogP contribution is -2.47. The van der Waals surface area contributed by atoms with Crippen LogP contribution in [0.15, 0.2) is 0 Å². The number of rotatable bonds is 5. The van der Waals surface area contributed by atoms with Crippen molar-refractivity contribution >= 4 is 11.8 Å². The van der Waals surface area contributed by atoms with Gasteiger partial charge in [-0.25, -0.2) is 0 Å². The molecule has 5 heteroatoms. The standard InChI is InChI=1S/C13H25N3O2/c1-4-14-10(2)9-13(18)16-7-5-12(6-8-16)15-11(3)17/h10,12,14H,4-9H2,1-3H3,(H,15,17). The van der Waals surface area contributed by atoms with Gasteiger partial charge in [-0.05, 0) is 26.3 Å². The second kappa shape index (κ2) is 7.36. The lowest BCUT2D eigenvalue weighted by molar-refractivity contribution is -0.132. The highest BCUT2D eigenvalue weighted by Crippen LogP contribution is 2.12. The summed E-state index contributed by atoms with van der Waals surface area (Å²) >= 11 is 0. The van der Waals surface area contributed by atoms with Crippen molar-refractivity contribution in [3.05, 3.63) is 0 Å². The molecule has 1 fully saturated rings. The first-order chi connectivity index (χ1) is 8.52. The van der Waals surface area contributed by atoms with E-state index in [1.165, 1.54) is 6.92 Å². The molecule has 0 aromatic heterocycles. The zero-order chi connectivity index (χ0) is 13.5. The molecule has 18 heavy (non-hydrogen) atoms. The summed E-state index contributed by atoms with van der Waals surface area (Å²) < 4.78 is 0. The molecule has 0 aromatic rings. The normalized spacial score (nSPS) is 18.5. The Kier molecular flexibility index (Phi) is 6.12. The van der Waals surface area contributed by atoms with Crippen molar-refractivity contribution in [2.45, 2.75) is 52.1 Å². The maximum atomic E-state index is 12.0. The molecule has 2 N–H and O–H groups in total. The molecule has 0 saturated carbocycles. The van der Waals surface area contributed by atoms with Crippen LogP contribution in [-0.4, -0.2) is 48.4 Å². The molecule has 1 aliphatic heterocycles. The van der Waals surface area contributed by atoms with E-state index in [1.54, 1.807) is 0 Å². The van der Waals surface area contributed by atoms with Crippen molar-refractivity contribution in [3.8, 4) is 0 Å². The Morgan fingerprint density at radius 2 is 1.94 bits per heavy atom. The monoisotopic (exact) mass is 255 g/mol. The van der Waals surface area contributed by atoms with Crippen LogP contribution in [0, 0.1) is 0 Å². The van der Waals surface area contributed by atoms with E-state index in [9.17, 15) is 9.59 Å². The molecular weight excluding hydrogens is 230 g/mol. The fraction of sp³-hybridized carbons (Fsp3) is 0.846. The Balaban J connectivity index is 2.29. The molecule has 1 aliphatic rings. The Morgan fingerprint density at radius 3 is 2.44 bits per heavy atom. The third-order valence-corrected chi connectivity index (χ3v) is 3.29. The first-order valence-corrected chi connectivity index (χ1v) is 6.81. The molecule has 104 valence electrons. The lowest BCUT2D eigenvalue weighted by atomic mass is 10.0. The van der Waals surface area contributed by atoms with Crippen LogP contribution in [0.3, 0.4) is 0 Å². The lowest BCUT2D eigenvalue weighted by Gasteiger charge is -2.33. The first kappa shape index (κ1) is 15.0. The number of nitrogens with zero attached hydrogens (tertiary/aromatic N) is 1. The molecule has 1 unspecified atom stereocenters. The fourth-order valence-electron chi connectivity index (χ4n) is 2.37. The van der Waals surface area contributed by atoms with E-state index in [1.807, 2.05) is 18.7 Å². The molecule has 0 aliphatic carbocycles. The molecule has 1 saturated heterocycles. The van der Waals surface area contributed by atoms with Crippen LogP contribution >= 0.6 is 0 Å². The minimum atomic E-state index is 0.0144. The van der Waals surface area contributed by atoms with Crippen LogP contribution in [0.25, 0.3) is 0 Å². The van der Waals surface area contributed by atoms with Gasteiger partial charge in [-0.2, -0.15) is 0 Å². The number of piperidine rings is 1. The van der Waals surface area contributed by atoms with Gasteiger partial charge >= 0.3 is 0 Å². The smallest absolute Gasteiger partial charge is 0.224 e. The second-order valence-electron chi connectivity index (χ2n) is 5.02. The molecule has 5 nitrogen and oxygen atoms in total. The van der Waals surface area contributed by atoms with E-state index >= 15 is 0 Å². The van der Waals surface area contributed by atoms with E-state index in [-0.39, 0.29) is 23.9 Å². The van der Waals surface area contributed by atoms with E-state index < -0.39 is 0 Å². The summed E-state index contributed by atoms with van der Waals surface area (Å²) in [7, 11) is 0. The van der Waals surface area contributed by atoms with Crippen molar-refractivity contribution < 1.29 is 9.59 Å². The second-order valence-corrected chi connectivity index (χ2v) is 5.02. The van der Waals surface area contributed by atoms with E-state index in [2.05, 4.69) is 10.6 Å². The zero-order valence-electron chi connectivity index (χ0n) is 11.7. The maximum absolute atomic E-state index is 12.0. The van der Waals surface area contributed by atoms with E-state index in [0.29, 0.717) is 6.42 Å². The summed E-state index contributed by atoms with van der Waals surface area (Å²) in [6.45, 7) is 8.01. The molecule has 0 radical (unpaired) electrons. The number of carbonyl (C=O) groups excluding carboxylic acids is 2. The highest BCUT2D eigenvalue weighted by Gasteiger charge is 2.23. The summed E-state index contributed by atoms with van der Waals surface area (Å²) in [5.74, 6) is 0.227. The molecule has 2 amide bonds. The predicted molar refractivity (Wildman–Crippen MR) is 71.2 cm³/mol. The van der Waals surface area contributed by atoms with Gasteiger partial charge in [-0.1, -0.05) is 6.92 Å². The predicted octanol–water partition coefficient (Wildman–Crippen LogP) is 0.502. The Bertz CT molecular complexity index is 286. The van der Waals surface area contributed by atoms with E-state index in [0.717, 1.165) is 32.5 Å². The summed E-state index contributed by atoms with van der Waals surface area (Å²) in [4.78, 5) is 24.9. The minimum Gasteiger partial charge on any atom is -0.353 e. The SMILES string of the molecule is CCNC(C)CC(=O)N1CCC(NC(C)=O)CC1. The van der Waals surface area contributed by atoms with Crippen molar-refractivity contribution in [1.82, 2.24) is 15.5 Å². The number of carbonyl (C=O) groups is 2. The summed E-state index contributed by atoms with van der Waals surface area (Å²) in [6, 6.07) is 0.466. The summed E-state index contributed by atoms with van der Waals surface area (Å²) in [5, 5.41) is 6.16. The Labute approximate surface area is 109 Å². The maximum Gasteiger partial charge on any atom is 0.224 e. The fourth-order valence-corrected chi connectivity index (χ4v) is 2.37. The van der Waals surface area contributed by atoms with Crippen LogP contribution < -0.4 is 10.6 Å². The van der Waals surface area contributed by atoms with Crippen molar-refractivity contribution in [2.75, 3.05) is 19.6 Å². The van der Waals surface area contributed by atoms with Gasteiger partial charge in [0.2, 0.25) is 11.8 Å². The number of hydrogen-bond acceptors (Lipinski definition) is 3. The molecule has 1 heterocycles. The van der Waals surface area contributed by atoms with Gasteiger partial charge in [0.05, 0.1) is 0 Å². The largest absolute Gasteiger partial charge is 0.353 e. The molecular formula is C13H25N3O2. The van der Waals surface area contributed by atoms with Gasteiger partial charge in [0.1, 0.15) is 0 Å². The highest BCUT2D eigenvalue weighted by molar-refractivity contribution is 5.77. The van der Waals surface area contributed by atoms with Crippen LogP contribution in [0.4, 0.5) is 0 Å². The van der Waals surface area contributed by atoms with Gasteiger partial charge in [0.15, 0.2) is 0 Å². The van der Waals surface area contributed by atoms with Crippen LogP contribution in [0.5, 0.6) is 0 Å². The van der Waals surface area contributed by atoms with Crippen LogP contribution in [0.1, 0.15) is 40.0 Å². The van der Waals surface area contributed by atoms with Crippen molar-refractivity contribution in [1.29, 1.82) is 0 Å². The van der Waals surface area contributed by atoms with Crippen molar-refractivity contribution in [3.63, 3.8) is 0 Å². The molecule has 1 rings (SSSR count). The number of hydrogen-bond donors (Lipinski definition) is 2. The average Bonchev–Trinajstić information content (AvgIpc) is 2.29. The Morgan fingerprint density at radius 1 is 1.33 bits per heavy atom. The topological polar surface area (TPSA) is 61.4 Å². The highest BCUT2D eigenvalue weighted by atomic mass is 16.2. The zero-order valence-corrected chi connectivity index (χ0v) is 11.7. The molecule has 0 aromatic carbocycles. The number of likely N-dealkylation sites (tertiary alicyclic amines) is 1. The summed E-state index contributed by atoms with van der Waals surface area (Å²) in [6.07, 6.45) is 2.28. The molecule has 1 atom stereocenters. The minimum absolute atomic E-state index is 0.0144. The first-order valence-electron chi connectivity index (χ1n) is 6.81. The van der Waals surface area contributed by atoms with Crippen molar-refractivity contribution in [2.24, 2.45) is 0 Å². The van der Waals surface area contributed by atoms with Gasteiger partial charge < -0.3 is 15.5 Å². The van der Waals surface area contributed by atoms with Gasteiger partial charge in [0.25, 0.3) is 0 Å². The quantitative estimate of drug-likeness (QED) is 0.752. The van der Waals surface area contributed by atoms with Gasteiger partial charge in [-0.3, -0.25) is 9.59 Å². The third kappa shape index (κ3) is 5.04. The third-order valence-electron chi connectivity index (χ3n) is 3.29. The number of nitrogens with one attached hydrogen (secondary N) is 2. The number of amides is 2. The van der Waals surface area contributed by atoms with Gasteiger partial charge in [0, 0.05) is 38.5 Å². The molecule has 0 bridgehead atoms. The Hall–Kier alpha value is -1.10. The average molecular weight is 255 g/mol.